The molecule has 0 bridgehead atoms. The van der Waals surface area contributed by atoms with Gasteiger partial charge in [0.05, 0.1) is 31.3 Å². The zero-order chi connectivity index (χ0) is 23.5. The summed E-state index contributed by atoms with van der Waals surface area (Å²) in [6.45, 7) is 0.342. The number of hydrogen-bond acceptors (Lipinski definition) is 6. The summed E-state index contributed by atoms with van der Waals surface area (Å²) in [5, 5.41) is 3.82. The number of fused-ring (bicyclic) bond motifs is 1. The number of pyridine rings is 1. The summed E-state index contributed by atoms with van der Waals surface area (Å²) in [6, 6.07) is 13.6. The summed E-state index contributed by atoms with van der Waals surface area (Å²) < 4.78 is 11.9. The molecule has 0 saturated heterocycles. The highest BCUT2D eigenvalue weighted by Crippen LogP contribution is 2.25. The molecule has 8 nitrogen and oxygen atoms in total. The summed E-state index contributed by atoms with van der Waals surface area (Å²) in [6.07, 6.45) is 1.47. The molecule has 0 spiro atoms. The summed E-state index contributed by atoms with van der Waals surface area (Å²) in [4.78, 5) is 33.1. The van der Waals surface area contributed by atoms with Crippen LogP contribution in [0.15, 0.2) is 59.5 Å². The van der Waals surface area contributed by atoms with Gasteiger partial charge in [-0.25, -0.2) is 9.55 Å². The third-order valence-electron chi connectivity index (χ3n) is 5.00. The van der Waals surface area contributed by atoms with Crippen LogP contribution in [0.1, 0.15) is 15.9 Å². The number of nitrogens with one attached hydrogen (secondary N) is 2. The molecule has 0 aliphatic rings. The van der Waals surface area contributed by atoms with Gasteiger partial charge in [-0.1, -0.05) is 23.7 Å². The zero-order valence-corrected chi connectivity index (χ0v) is 19.3. The van der Waals surface area contributed by atoms with Crippen molar-refractivity contribution in [2.45, 2.75) is 6.54 Å². The average molecular weight is 483 g/mol. The predicted molar refractivity (Wildman–Crippen MR) is 128 cm³/mol. The Kier molecular flexibility index (Phi) is 6.43. The number of amides is 1. The van der Waals surface area contributed by atoms with Crippen molar-refractivity contribution in [1.82, 2.24) is 19.9 Å². The second-order valence-electron chi connectivity index (χ2n) is 7.04. The highest BCUT2D eigenvalue weighted by atomic mass is 35.5. The van der Waals surface area contributed by atoms with E-state index in [1.54, 1.807) is 36.4 Å². The number of hydrogen-bond donors (Lipinski definition) is 2. The number of methoxy groups -OCH3 is 2. The fraction of sp³-hybridized carbons (Fsp3) is 0.130. The van der Waals surface area contributed by atoms with Crippen LogP contribution in [0.2, 0.25) is 5.02 Å². The lowest BCUT2D eigenvalue weighted by Crippen LogP contribution is -2.24. The fourth-order valence-corrected chi connectivity index (χ4v) is 3.69. The molecule has 168 valence electrons. The van der Waals surface area contributed by atoms with Crippen molar-refractivity contribution in [3.05, 3.63) is 86.0 Å². The number of aromatic nitrogens is 3. The highest BCUT2D eigenvalue weighted by molar-refractivity contribution is 7.71. The van der Waals surface area contributed by atoms with Gasteiger partial charge in [-0.05, 0) is 48.1 Å². The molecule has 0 aliphatic heterocycles. The summed E-state index contributed by atoms with van der Waals surface area (Å²) in [5.41, 5.74) is 1.35. The van der Waals surface area contributed by atoms with Gasteiger partial charge in [0, 0.05) is 23.2 Å². The van der Waals surface area contributed by atoms with Crippen molar-refractivity contribution < 1.29 is 14.3 Å². The second-order valence-corrected chi connectivity index (χ2v) is 7.86. The first-order valence-corrected chi connectivity index (χ1v) is 10.6. The Morgan fingerprint density at radius 1 is 1.15 bits per heavy atom. The largest absolute Gasteiger partial charge is 0.495 e. The molecule has 2 aromatic heterocycles. The molecule has 0 atom stereocenters. The number of benzene rings is 2. The minimum Gasteiger partial charge on any atom is -0.495 e. The van der Waals surface area contributed by atoms with Gasteiger partial charge in [-0.15, -0.1) is 0 Å². The van der Waals surface area contributed by atoms with Crippen LogP contribution < -0.4 is 20.3 Å². The van der Waals surface area contributed by atoms with Gasteiger partial charge in [0.15, 0.2) is 16.3 Å². The Hall–Kier alpha value is -3.69. The van der Waals surface area contributed by atoms with Crippen molar-refractivity contribution in [1.29, 1.82) is 0 Å². The van der Waals surface area contributed by atoms with E-state index in [9.17, 15) is 9.59 Å². The van der Waals surface area contributed by atoms with Gasteiger partial charge in [0.25, 0.3) is 11.5 Å². The molecule has 2 aromatic carbocycles. The molecule has 2 N–H and O–H groups in total. The highest BCUT2D eigenvalue weighted by Gasteiger charge is 2.16. The Morgan fingerprint density at radius 2 is 1.91 bits per heavy atom. The summed E-state index contributed by atoms with van der Waals surface area (Å²) in [5.74, 6) is 0.757. The smallest absolute Gasteiger partial charge is 0.268 e. The standard InChI is InChI=1S/C23H19ClN4O4S/c1-31-16-10-19(32-2)20(25-12-16)28-22(30)17-8-5-14(9-18(17)27-23(28)33)21(29)26-11-13-3-6-15(24)7-4-13/h3-10,12H,11H2,1-2H3,(H,26,29)(H,27,33). The van der Waals surface area contributed by atoms with Crippen LogP contribution in [0.25, 0.3) is 16.7 Å². The van der Waals surface area contributed by atoms with Crippen molar-refractivity contribution >= 4 is 40.6 Å². The van der Waals surface area contributed by atoms with Crippen LogP contribution in [0, 0.1) is 4.77 Å². The molecule has 0 aliphatic carbocycles. The van der Waals surface area contributed by atoms with Crippen molar-refractivity contribution in [3.63, 3.8) is 0 Å². The van der Waals surface area contributed by atoms with Crippen LogP contribution in [0.3, 0.4) is 0 Å². The first-order valence-electron chi connectivity index (χ1n) is 9.81. The molecular formula is C23H19ClN4O4S. The number of aromatic amines is 1. The maximum Gasteiger partial charge on any atom is 0.268 e. The first kappa shape index (κ1) is 22.5. The monoisotopic (exact) mass is 482 g/mol. The maximum atomic E-state index is 13.2. The first-order chi connectivity index (χ1) is 15.9. The van der Waals surface area contributed by atoms with Crippen molar-refractivity contribution in [2.24, 2.45) is 0 Å². The lowest BCUT2D eigenvalue weighted by Gasteiger charge is -2.12. The van der Waals surface area contributed by atoms with Crippen molar-refractivity contribution in [2.75, 3.05) is 14.2 Å². The number of nitrogens with zero attached hydrogens (tertiary/aromatic N) is 2. The van der Waals surface area contributed by atoms with Crippen molar-refractivity contribution in [3.8, 4) is 17.3 Å². The molecule has 0 saturated carbocycles. The van der Waals surface area contributed by atoms with E-state index in [-0.39, 0.29) is 16.5 Å². The lowest BCUT2D eigenvalue weighted by molar-refractivity contribution is 0.0951. The van der Waals surface area contributed by atoms with Gasteiger partial charge in [-0.3, -0.25) is 9.59 Å². The van der Waals surface area contributed by atoms with Gasteiger partial charge >= 0.3 is 0 Å². The van der Waals surface area contributed by atoms with E-state index in [0.29, 0.717) is 39.5 Å². The van der Waals surface area contributed by atoms with Gasteiger partial charge in [0.1, 0.15) is 5.75 Å². The number of carbonyl (C=O) groups is 1. The van der Waals surface area contributed by atoms with E-state index in [0.717, 1.165) is 5.56 Å². The number of rotatable bonds is 6. The van der Waals surface area contributed by atoms with Crippen LogP contribution in [-0.4, -0.2) is 34.7 Å². The Balaban J connectivity index is 1.68. The van der Waals surface area contributed by atoms with E-state index in [1.807, 2.05) is 12.1 Å². The van der Waals surface area contributed by atoms with Crippen LogP contribution in [-0.2, 0) is 6.54 Å². The number of carbonyl (C=O) groups excluding carboxylic acids is 1. The Morgan fingerprint density at radius 3 is 2.61 bits per heavy atom. The van der Waals surface area contributed by atoms with E-state index >= 15 is 0 Å². The summed E-state index contributed by atoms with van der Waals surface area (Å²) in [7, 11) is 2.97. The van der Waals surface area contributed by atoms with E-state index in [4.69, 9.17) is 33.3 Å². The molecule has 33 heavy (non-hydrogen) atoms. The molecule has 0 fully saturated rings. The minimum atomic E-state index is -0.391. The van der Waals surface area contributed by atoms with Crippen LogP contribution in [0.5, 0.6) is 11.5 Å². The molecule has 0 radical (unpaired) electrons. The normalized spacial score (nSPS) is 10.8. The van der Waals surface area contributed by atoms with E-state index in [2.05, 4.69) is 15.3 Å². The van der Waals surface area contributed by atoms with Crippen LogP contribution >= 0.6 is 23.8 Å². The quantitative estimate of drug-likeness (QED) is 0.402. The SMILES string of the molecule is COc1cnc(-n2c(=S)[nH]c3cc(C(=O)NCc4ccc(Cl)cc4)ccc3c2=O)c(OC)c1. The Bertz CT molecular complexity index is 1460. The second kappa shape index (κ2) is 9.43. The lowest BCUT2D eigenvalue weighted by atomic mass is 10.1. The molecule has 2 heterocycles. The summed E-state index contributed by atoms with van der Waals surface area (Å²) >= 11 is 11.3. The van der Waals surface area contributed by atoms with E-state index < -0.39 is 5.56 Å². The predicted octanol–water partition coefficient (Wildman–Crippen LogP) is 4.04. The molecule has 4 rings (SSSR count). The topological polar surface area (TPSA) is 98.2 Å². The number of halogens is 1. The minimum absolute atomic E-state index is 0.113. The third kappa shape index (κ3) is 4.59. The van der Waals surface area contributed by atoms with Gasteiger partial charge in [-0.2, -0.15) is 0 Å². The Labute approximate surface area is 198 Å². The molecular weight excluding hydrogens is 464 g/mol. The van der Waals surface area contributed by atoms with Crippen LogP contribution in [0.4, 0.5) is 0 Å². The zero-order valence-electron chi connectivity index (χ0n) is 17.7. The molecule has 4 aromatic rings. The van der Waals surface area contributed by atoms with E-state index in [1.165, 1.54) is 25.0 Å². The average Bonchev–Trinajstić information content (AvgIpc) is 2.83. The maximum absolute atomic E-state index is 13.2. The number of H-pyrrole nitrogens is 1. The van der Waals surface area contributed by atoms with Gasteiger partial charge in [0.2, 0.25) is 0 Å². The molecule has 0 unspecified atom stereocenters. The fourth-order valence-electron chi connectivity index (χ4n) is 3.29. The molecule has 1 amide bonds. The van der Waals surface area contributed by atoms with Gasteiger partial charge < -0.3 is 19.8 Å². The number of ether oxygens (including phenoxy) is 2. The third-order valence-corrected chi connectivity index (χ3v) is 5.54. The molecule has 10 heteroatoms.